The fraction of sp³-hybridized carbons (Fsp3) is 0.629. The van der Waals surface area contributed by atoms with E-state index in [1.165, 1.54) is 5.56 Å². The van der Waals surface area contributed by atoms with E-state index in [0.29, 0.717) is 25.8 Å². The number of aliphatic carboxylic acids is 1. The third-order valence-electron chi connectivity index (χ3n) is 8.78. The third kappa shape index (κ3) is 13.9. The van der Waals surface area contributed by atoms with E-state index in [1.807, 2.05) is 37.4 Å². The molecule has 1 aromatic heterocycles. The molecule has 1 saturated carbocycles. The van der Waals surface area contributed by atoms with Gasteiger partial charge in [-0.2, -0.15) is 0 Å². The average Bonchev–Trinajstić information content (AvgIpc) is 3.46. The minimum Gasteiger partial charge on any atom is -0.481 e. The lowest BCUT2D eigenvalue weighted by atomic mass is 9.82. The number of aryl methyl sites for hydroxylation is 3. The molecule has 3 rings (SSSR count). The van der Waals surface area contributed by atoms with Crippen molar-refractivity contribution in [2.24, 2.45) is 11.7 Å². The Labute approximate surface area is 279 Å². The van der Waals surface area contributed by atoms with Crippen molar-refractivity contribution in [3.8, 4) is 0 Å². The van der Waals surface area contributed by atoms with Crippen molar-refractivity contribution in [2.75, 3.05) is 13.2 Å². The first-order chi connectivity index (χ1) is 22.2. The van der Waals surface area contributed by atoms with Gasteiger partial charge in [-0.25, -0.2) is 4.98 Å². The zero-order valence-electron chi connectivity index (χ0n) is 27.1. The summed E-state index contributed by atoms with van der Waals surface area (Å²) in [6.45, 7) is 2.70. The molecular weight excluding hydrogens is 600 g/mol. The summed E-state index contributed by atoms with van der Waals surface area (Å²) in [6, 6.07) is 5.03. The van der Waals surface area contributed by atoms with Crippen LogP contribution < -0.4 is 21.7 Å². The van der Waals surface area contributed by atoms with Crippen LogP contribution in [-0.4, -0.2) is 74.7 Å². The molecule has 1 aliphatic carbocycles. The second-order valence-electron chi connectivity index (χ2n) is 12.4. The number of benzene rings is 1. The van der Waals surface area contributed by atoms with Crippen molar-refractivity contribution in [3.63, 3.8) is 0 Å². The third-order valence-corrected chi connectivity index (χ3v) is 8.78. The molecule has 3 atom stereocenters. The van der Waals surface area contributed by atoms with E-state index in [1.54, 1.807) is 6.20 Å². The van der Waals surface area contributed by atoms with Gasteiger partial charge in [-0.05, 0) is 81.9 Å². The average molecular weight is 657 g/mol. The summed E-state index contributed by atoms with van der Waals surface area (Å²) in [5.41, 5.74) is 7.58. The Morgan fingerprint density at radius 3 is 2.23 bits per heavy atom. The van der Waals surface area contributed by atoms with E-state index < -0.39 is 48.4 Å². The number of amides is 3. The SMILES string of the molecule is C.Cc1nccn1CCCCc1ccc(CC(=O)N[C@@H](CO)C(=O)N[C@@H](CCCCN)C(=O)NC(CC(=O)O)C2CCCCC2)cc1. The number of nitrogens with two attached hydrogens (primary N) is 1. The molecule has 0 radical (unpaired) electrons. The number of hydrogen-bond donors (Lipinski definition) is 6. The minimum absolute atomic E-state index is 0. The molecule has 0 bridgehead atoms. The second kappa shape index (κ2) is 21.2. The van der Waals surface area contributed by atoms with Gasteiger partial charge in [-0.15, -0.1) is 0 Å². The Bertz CT molecular complexity index is 1240. The Hall–Kier alpha value is -3.77. The number of unbranched alkanes of at least 4 members (excludes halogenated alkanes) is 2. The minimum atomic E-state index is -1.25. The largest absolute Gasteiger partial charge is 0.481 e. The Morgan fingerprint density at radius 1 is 0.936 bits per heavy atom. The monoisotopic (exact) mass is 656 g/mol. The molecule has 1 fully saturated rings. The van der Waals surface area contributed by atoms with Crippen LogP contribution in [-0.2, 0) is 38.6 Å². The molecule has 1 aliphatic rings. The molecule has 1 unspecified atom stereocenters. The lowest BCUT2D eigenvalue weighted by Gasteiger charge is -2.31. The van der Waals surface area contributed by atoms with Gasteiger partial charge >= 0.3 is 5.97 Å². The number of imidazole rings is 1. The normalized spacial score (nSPS) is 15.1. The predicted octanol–water partition coefficient (Wildman–Crippen LogP) is 3.02. The van der Waals surface area contributed by atoms with E-state index in [9.17, 15) is 29.4 Å². The van der Waals surface area contributed by atoms with Crippen molar-refractivity contribution < 1.29 is 29.4 Å². The highest BCUT2D eigenvalue weighted by molar-refractivity contribution is 5.92. The van der Waals surface area contributed by atoms with Gasteiger partial charge in [0.25, 0.3) is 0 Å². The van der Waals surface area contributed by atoms with Gasteiger partial charge in [0.1, 0.15) is 17.9 Å². The summed E-state index contributed by atoms with van der Waals surface area (Å²) < 4.78 is 2.13. The highest BCUT2D eigenvalue weighted by Gasteiger charge is 2.31. The molecular formula is C35H56N6O6. The molecule has 12 heteroatoms. The van der Waals surface area contributed by atoms with Gasteiger partial charge in [0.2, 0.25) is 17.7 Å². The molecule has 12 nitrogen and oxygen atoms in total. The first-order valence-corrected chi connectivity index (χ1v) is 16.7. The number of hydrogen-bond acceptors (Lipinski definition) is 7. The zero-order chi connectivity index (χ0) is 33.3. The van der Waals surface area contributed by atoms with Gasteiger partial charge in [0, 0.05) is 25.0 Å². The number of carboxylic acid groups (broad SMARTS) is 1. The van der Waals surface area contributed by atoms with Crippen molar-refractivity contribution in [2.45, 2.75) is 122 Å². The van der Waals surface area contributed by atoms with Gasteiger partial charge in [-0.1, -0.05) is 51.0 Å². The van der Waals surface area contributed by atoms with Gasteiger partial charge in [0.05, 0.1) is 19.4 Å². The quantitative estimate of drug-likeness (QED) is 0.117. The molecule has 262 valence electrons. The molecule has 2 aromatic rings. The van der Waals surface area contributed by atoms with Crippen molar-refractivity contribution in [1.82, 2.24) is 25.5 Å². The standard InChI is InChI=1S/C34H52N6O6.CH4/c1-24-36-18-20-40(24)19-8-6-9-25-13-15-26(16-14-25)21-31(42)37-30(23-41)34(46)38-28(12-5-7-17-35)33(45)39-29(22-32(43)44)27-10-3-2-4-11-27;/h13-16,18,20,27-30,41H,2-12,17,19,21-23,35H2,1H3,(H,37,42)(H,38,46)(H,39,45)(H,43,44);1H4/t28-,29?,30-;/m0./s1. The van der Waals surface area contributed by atoms with Crippen LogP contribution in [0.4, 0.5) is 0 Å². The van der Waals surface area contributed by atoms with Crippen LogP contribution in [0, 0.1) is 12.8 Å². The number of carbonyl (C=O) groups excluding carboxylic acids is 3. The second-order valence-corrected chi connectivity index (χ2v) is 12.4. The highest BCUT2D eigenvalue weighted by Crippen LogP contribution is 2.28. The number of aliphatic hydroxyl groups is 1. The number of carboxylic acids is 1. The predicted molar refractivity (Wildman–Crippen MR) is 181 cm³/mol. The van der Waals surface area contributed by atoms with Crippen LogP contribution in [0.2, 0.25) is 0 Å². The zero-order valence-corrected chi connectivity index (χ0v) is 27.1. The van der Waals surface area contributed by atoms with E-state index >= 15 is 0 Å². The van der Waals surface area contributed by atoms with Gasteiger partial charge in [0.15, 0.2) is 0 Å². The summed E-state index contributed by atoms with van der Waals surface area (Å²) in [7, 11) is 0. The molecule has 47 heavy (non-hydrogen) atoms. The van der Waals surface area contributed by atoms with Gasteiger partial charge < -0.3 is 36.5 Å². The lowest BCUT2D eigenvalue weighted by molar-refractivity contribution is -0.138. The highest BCUT2D eigenvalue weighted by atomic mass is 16.4. The molecule has 0 saturated heterocycles. The fourth-order valence-electron chi connectivity index (χ4n) is 6.08. The molecule has 3 amide bonds. The maximum absolute atomic E-state index is 13.4. The summed E-state index contributed by atoms with van der Waals surface area (Å²) in [5, 5.41) is 27.6. The topological polar surface area (TPSA) is 189 Å². The first-order valence-electron chi connectivity index (χ1n) is 16.7. The molecule has 1 aromatic carbocycles. The summed E-state index contributed by atoms with van der Waals surface area (Å²) in [5.74, 6) is -1.51. The van der Waals surface area contributed by atoms with E-state index in [2.05, 4.69) is 25.5 Å². The van der Waals surface area contributed by atoms with Crippen LogP contribution in [0.25, 0.3) is 0 Å². The van der Waals surface area contributed by atoms with Gasteiger partial charge in [-0.3, -0.25) is 19.2 Å². The number of nitrogens with one attached hydrogen (secondary N) is 3. The van der Waals surface area contributed by atoms with Crippen LogP contribution in [0.3, 0.4) is 0 Å². The van der Waals surface area contributed by atoms with Crippen molar-refractivity contribution >= 4 is 23.7 Å². The summed E-state index contributed by atoms with van der Waals surface area (Å²) >= 11 is 0. The van der Waals surface area contributed by atoms with Crippen molar-refractivity contribution in [1.29, 1.82) is 0 Å². The van der Waals surface area contributed by atoms with Crippen LogP contribution >= 0.6 is 0 Å². The first kappa shape index (κ1) is 39.4. The number of nitrogens with zero attached hydrogens (tertiary/aromatic N) is 2. The van der Waals surface area contributed by atoms with E-state index in [4.69, 9.17) is 5.73 Å². The lowest BCUT2D eigenvalue weighted by Crippen LogP contribution is -2.56. The van der Waals surface area contributed by atoms with Crippen LogP contribution in [0.5, 0.6) is 0 Å². The van der Waals surface area contributed by atoms with E-state index in [0.717, 1.165) is 69.3 Å². The molecule has 0 aliphatic heterocycles. The molecule has 1 heterocycles. The van der Waals surface area contributed by atoms with E-state index in [-0.39, 0.29) is 26.2 Å². The van der Waals surface area contributed by atoms with Crippen LogP contribution in [0.1, 0.15) is 95.0 Å². The van der Waals surface area contributed by atoms with Crippen molar-refractivity contribution in [3.05, 3.63) is 53.6 Å². The number of rotatable bonds is 20. The Morgan fingerprint density at radius 2 is 1.62 bits per heavy atom. The summed E-state index contributed by atoms with van der Waals surface area (Å²) in [6.07, 6.45) is 12.9. The number of carbonyl (C=O) groups is 4. The number of aliphatic hydroxyl groups excluding tert-OH is 1. The summed E-state index contributed by atoms with van der Waals surface area (Å²) in [4.78, 5) is 55.1. The van der Waals surface area contributed by atoms with Crippen LogP contribution in [0.15, 0.2) is 36.7 Å². The Kier molecular flexibility index (Phi) is 17.8. The maximum atomic E-state index is 13.4. The smallest absolute Gasteiger partial charge is 0.305 e. The molecule has 0 spiro atoms. The molecule has 7 N–H and O–H groups in total. The number of aromatic nitrogens is 2. The fourth-order valence-corrected chi connectivity index (χ4v) is 6.08. The Balaban J connectivity index is 0.00000768. The maximum Gasteiger partial charge on any atom is 0.305 e.